The summed E-state index contributed by atoms with van der Waals surface area (Å²) < 4.78 is 6.99. The van der Waals surface area contributed by atoms with E-state index in [2.05, 4.69) is 299 Å². The second-order valence-electron chi connectivity index (χ2n) is 21.5. The molecule has 0 aliphatic carbocycles. The Morgan fingerprint density at radius 1 is 0.463 bits per heavy atom. The molecule has 6 nitrogen and oxygen atoms in total. The van der Waals surface area contributed by atoms with E-state index in [0.29, 0.717) is 0 Å². The van der Waals surface area contributed by atoms with E-state index in [1.807, 2.05) is 17.8 Å². The Bertz CT molecular complexity index is 4600. The molecule has 0 N–H and O–H groups in total. The Kier molecular flexibility index (Phi) is 10.4. The molecule has 5 aliphatic heterocycles. The minimum absolute atomic E-state index is 0.100. The number of benzene rings is 11. The van der Waals surface area contributed by atoms with Gasteiger partial charge >= 0.3 is 0 Å². The van der Waals surface area contributed by atoms with Gasteiger partial charge in [-0.25, -0.2) is 0 Å². The second kappa shape index (κ2) is 18.2. The third kappa shape index (κ3) is 6.68. The first kappa shape index (κ1) is 46.8. The van der Waals surface area contributed by atoms with Crippen LogP contribution in [0.25, 0.3) is 21.9 Å². The zero-order chi connectivity index (χ0) is 54.2. The van der Waals surface area contributed by atoms with Crippen molar-refractivity contribution in [2.24, 2.45) is 0 Å². The first-order valence-corrected chi connectivity index (χ1v) is 29.0. The zero-order valence-electron chi connectivity index (χ0n) is 44.8. The molecule has 0 spiro atoms. The first-order chi connectivity index (χ1) is 40.6. The predicted octanol–water partition coefficient (Wildman–Crippen LogP) is 16.0. The average Bonchev–Trinajstić information content (AvgIpc) is 1.32. The van der Waals surface area contributed by atoms with E-state index in [-0.39, 0.29) is 13.4 Å². The van der Waals surface area contributed by atoms with E-state index >= 15 is 0 Å². The number of allylic oxidation sites excluding steroid dienone is 4. The molecule has 0 fully saturated rings. The highest BCUT2D eigenvalue weighted by atomic mass is 32.2. The van der Waals surface area contributed by atoms with Crippen molar-refractivity contribution in [3.63, 3.8) is 0 Å². The van der Waals surface area contributed by atoms with Crippen LogP contribution in [0, 0.1) is 0 Å². The summed E-state index contributed by atoms with van der Waals surface area (Å²) in [5.41, 5.74) is 26.2. The van der Waals surface area contributed by atoms with Crippen molar-refractivity contribution in [1.82, 2.24) is 0 Å². The largest absolute Gasteiger partial charge is 0.456 e. The Labute approximate surface area is 481 Å². The van der Waals surface area contributed by atoms with Gasteiger partial charge in [0.1, 0.15) is 11.2 Å². The fourth-order valence-corrected chi connectivity index (χ4v) is 15.4. The summed E-state index contributed by atoms with van der Waals surface area (Å²) >= 11 is 1.90. The lowest BCUT2D eigenvalue weighted by molar-refractivity contribution is 0.669. The molecule has 5 aliphatic rings. The lowest BCUT2D eigenvalue weighted by atomic mass is 9.28. The van der Waals surface area contributed by atoms with Gasteiger partial charge in [-0.1, -0.05) is 164 Å². The van der Waals surface area contributed by atoms with Crippen LogP contribution in [0.15, 0.2) is 293 Å². The van der Waals surface area contributed by atoms with Crippen molar-refractivity contribution in [2.75, 3.05) is 24.5 Å². The van der Waals surface area contributed by atoms with Crippen molar-refractivity contribution >= 4 is 160 Å². The highest BCUT2D eigenvalue weighted by Gasteiger charge is 2.54. The maximum atomic E-state index is 6.99. The lowest BCUT2D eigenvalue weighted by Gasteiger charge is -2.53. The number of rotatable bonds is 10. The van der Waals surface area contributed by atoms with Crippen molar-refractivity contribution in [1.29, 1.82) is 0 Å². The van der Waals surface area contributed by atoms with Crippen LogP contribution in [-0.4, -0.2) is 13.4 Å². The highest BCUT2D eigenvalue weighted by Crippen LogP contribution is 2.59. The van der Waals surface area contributed by atoms with Gasteiger partial charge in [0.05, 0.1) is 11.4 Å². The van der Waals surface area contributed by atoms with Gasteiger partial charge in [-0.05, 0) is 161 Å². The highest BCUT2D eigenvalue weighted by molar-refractivity contribution is 8.00. The minimum Gasteiger partial charge on any atom is -0.456 e. The molecule has 82 heavy (non-hydrogen) atoms. The minimum atomic E-state index is -0.178. The standard InChI is InChI=1S/C73H49B2N5OS/c1-3-23-47(24-4-2)78-61-44-54(77(50-29-14-7-15-30-50)51-31-16-8-17-32-51)40-42-57(61)75-59-45-65-67(55-35-20-21-37-64(55)81-65)73-71(59)80-70-58(36-22-38-66(70)82-73)74-56-41-39-53(76(48-25-10-5-11-26-48)49-27-12-6-13-28-49)43-60(56)79(52-33-18-9-19-34-52)62-46-63(78)69(75)72(80)68(62)74/h3-46H,1H2,2H3/b24-4-,47-23+. The molecular weight excluding hydrogens is 1020 g/mol. The summed E-state index contributed by atoms with van der Waals surface area (Å²) in [7, 11) is 0. The SMILES string of the molecule is C=C/C=C(\C=C/C)N1c2cc(N(c3ccccc3)c3ccccc3)ccc2B2c3cc4oc5ccccc5c4c4c3N3c5c(cccc5B5c6ccc(N(c7ccccc7)c7ccccc7)cc6N(c6ccccc6)c6cc1c2c3c65)S4. The molecule has 0 radical (unpaired) electrons. The lowest BCUT2D eigenvalue weighted by Crippen LogP contribution is -2.69. The molecule has 17 rings (SSSR count). The van der Waals surface area contributed by atoms with Crippen LogP contribution in [0.3, 0.4) is 0 Å². The number of hydrogen-bond acceptors (Lipinski definition) is 7. The van der Waals surface area contributed by atoms with E-state index < -0.39 is 0 Å². The van der Waals surface area contributed by atoms with Gasteiger partial charge in [-0.15, -0.1) is 0 Å². The van der Waals surface area contributed by atoms with Crippen LogP contribution in [0.2, 0.25) is 0 Å². The number of anilines is 14. The molecule has 0 amide bonds. The maximum absolute atomic E-state index is 6.99. The molecule has 1 aromatic heterocycles. The first-order valence-electron chi connectivity index (χ1n) is 28.1. The fraction of sp³-hybridized carbons (Fsp3) is 0.0137. The number of hydrogen-bond donors (Lipinski definition) is 0. The summed E-state index contributed by atoms with van der Waals surface area (Å²) in [6, 6.07) is 88.9. The summed E-state index contributed by atoms with van der Waals surface area (Å²) in [6.45, 7) is 6.19. The van der Waals surface area contributed by atoms with E-state index in [0.717, 1.165) is 90.2 Å². The molecule has 0 saturated heterocycles. The third-order valence-corrected chi connectivity index (χ3v) is 18.3. The molecule has 0 unspecified atom stereocenters. The number of nitrogens with zero attached hydrogens (tertiary/aromatic N) is 5. The Hall–Kier alpha value is -10.1. The summed E-state index contributed by atoms with van der Waals surface area (Å²) in [5.74, 6) is 0. The molecular formula is C73H49B2N5OS. The van der Waals surface area contributed by atoms with Crippen LogP contribution in [-0.2, 0) is 0 Å². The van der Waals surface area contributed by atoms with Crippen molar-refractivity contribution in [2.45, 2.75) is 16.7 Å². The van der Waals surface area contributed by atoms with Crippen molar-refractivity contribution in [3.05, 3.63) is 279 Å². The Morgan fingerprint density at radius 2 is 1.02 bits per heavy atom. The zero-order valence-corrected chi connectivity index (χ0v) is 45.6. The Morgan fingerprint density at radius 3 is 1.65 bits per heavy atom. The van der Waals surface area contributed by atoms with Crippen molar-refractivity contribution in [3.8, 4) is 0 Å². The fourth-order valence-electron chi connectivity index (χ4n) is 14.1. The topological polar surface area (TPSA) is 29.3 Å². The molecule has 12 aromatic rings. The summed E-state index contributed by atoms with van der Waals surface area (Å²) in [6.07, 6.45) is 8.48. The smallest absolute Gasteiger partial charge is 0.252 e. The number of furan rings is 1. The molecule has 0 saturated carbocycles. The van der Waals surface area contributed by atoms with Gasteiger partial charge in [0.25, 0.3) is 13.4 Å². The molecule has 11 aromatic carbocycles. The van der Waals surface area contributed by atoms with Gasteiger partial charge in [-0.2, -0.15) is 0 Å². The van der Waals surface area contributed by atoms with E-state index in [1.54, 1.807) is 0 Å². The maximum Gasteiger partial charge on any atom is 0.252 e. The van der Waals surface area contributed by atoms with Crippen LogP contribution in [0.4, 0.5) is 79.6 Å². The molecule has 6 heterocycles. The second-order valence-corrected chi connectivity index (χ2v) is 22.6. The van der Waals surface area contributed by atoms with E-state index in [9.17, 15) is 0 Å². The molecule has 0 atom stereocenters. The van der Waals surface area contributed by atoms with E-state index in [1.165, 1.54) is 59.6 Å². The molecule has 0 bridgehead atoms. The number of para-hydroxylation sites is 7. The monoisotopic (exact) mass is 1070 g/mol. The van der Waals surface area contributed by atoms with E-state index in [4.69, 9.17) is 4.42 Å². The van der Waals surface area contributed by atoms with Crippen LogP contribution in [0.5, 0.6) is 0 Å². The van der Waals surface area contributed by atoms with Crippen LogP contribution < -0.4 is 57.3 Å². The normalized spacial score (nSPS) is 13.8. The third-order valence-electron chi connectivity index (χ3n) is 17.2. The van der Waals surface area contributed by atoms with Gasteiger partial charge in [0.15, 0.2) is 0 Å². The summed E-state index contributed by atoms with van der Waals surface area (Å²) in [4.78, 5) is 15.0. The number of fused-ring (bicyclic) bond motifs is 10. The van der Waals surface area contributed by atoms with Crippen LogP contribution >= 0.6 is 11.8 Å². The Balaban J connectivity index is 1.01. The quantitative estimate of drug-likeness (QED) is 0.0996. The average molecular weight is 1070 g/mol. The summed E-state index contributed by atoms with van der Waals surface area (Å²) in [5, 5.41) is 2.29. The van der Waals surface area contributed by atoms with Crippen molar-refractivity contribution < 1.29 is 4.42 Å². The van der Waals surface area contributed by atoms with Crippen LogP contribution in [0.1, 0.15) is 6.92 Å². The molecule has 384 valence electrons. The van der Waals surface area contributed by atoms with Gasteiger partial charge in [0.2, 0.25) is 0 Å². The van der Waals surface area contributed by atoms with Gasteiger partial charge in [-0.3, -0.25) is 0 Å². The molecule has 9 heteroatoms. The predicted molar refractivity (Wildman–Crippen MR) is 348 cm³/mol. The van der Waals surface area contributed by atoms with Gasteiger partial charge in [0, 0.05) is 94.5 Å². The van der Waals surface area contributed by atoms with Gasteiger partial charge < -0.3 is 28.9 Å².